The Bertz CT molecular complexity index is 212. The molecule has 0 aromatic carbocycles. The Kier molecular flexibility index (Phi) is 3.50. The van der Waals surface area contributed by atoms with Crippen molar-refractivity contribution in [2.45, 2.75) is 32.3 Å². The molecular weight excluding hydrogens is 180 g/mol. The quantitative estimate of drug-likeness (QED) is 0.654. The molecule has 1 fully saturated rings. The summed E-state index contributed by atoms with van der Waals surface area (Å²) in [6.07, 6.45) is 2.12. The molecule has 0 spiro atoms. The number of amides is 1. The highest BCUT2D eigenvalue weighted by molar-refractivity contribution is 5.85. The van der Waals surface area contributed by atoms with E-state index in [1.165, 1.54) is 0 Å². The zero-order valence-electron chi connectivity index (χ0n) is 8.99. The molecule has 0 heterocycles. The maximum absolute atomic E-state index is 11.8. The molecule has 1 amide bonds. The summed E-state index contributed by atoms with van der Waals surface area (Å²) in [7, 11) is 1.78. The number of hydrogen-bond acceptors (Lipinski definition) is 3. The first-order valence-corrected chi connectivity index (χ1v) is 5.15. The minimum Gasteiger partial charge on any atom is -0.393 e. The summed E-state index contributed by atoms with van der Waals surface area (Å²) in [5, 5.41) is 9.10. The maximum atomic E-state index is 11.8. The van der Waals surface area contributed by atoms with Crippen molar-refractivity contribution in [3.63, 3.8) is 0 Å². The van der Waals surface area contributed by atoms with Gasteiger partial charge in [0.2, 0.25) is 5.91 Å². The van der Waals surface area contributed by atoms with Crippen molar-refractivity contribution in [1.82, 2.24) is 4.90 Å². The van der Waals surface area contributed by atoms with Crippen molar-refractivity contribution in [1.29, 1.82) is 0 Å². The third-order valence-electron chi connectivity index (χ3n) is 2.93. The molecule has 0 aliphatic heterocycles. The van der Waals surface area contributed by atoms with Crippen LogP contribution in [0.25, 0.3) is 0 Å². The lowest BCUT2D eigenvalue weighted by molar-refractivity contribution is -0.135. The summed E-state index contributed by atoms with van der Waals surface area (Å²) in [4.78, 5) is 13.5. The summed E-state index contributed by atoms with van der Waals surface area (Å²) in [5.41, 5.74) is 5.31. The van der Waals surface area contributed by atoms with E-state index in [2.05, 4.69) is 0 Å². The molecule has 1 atom stereocenters. The van der Waals surface area contributed by atoms with Crippen LogP contribution in [0, 0.1) is 5.41 Å². The van der Waals surface area contributed by atoms with Crippen LogP contribution < -0.4 is 5.73 Å². The lowest BCUT2D eigenvalue weighted by atomic mass is 10.1. The molecule has 4 heteroatoms. The standard InChI is InChI=1S/C10H20N2O2/c1-8(13)3-6-12(2)9(14)10(7-11)4-5-10/h8,13H,3-7,11H2,1-2H3. The average Bonchev–Trinajstić information content (AvgIpc) is 2.93. The Morgan fingerprint density at radius 3 is 2.57 bits per heavy atom. The molecule has 1 rings (SSSR count). The normalized spacial score (nSPS) is 20.3. The van der Waals surface area contributed by atoms with E-state index in [4.69, 9.17) is 10.8 Å². The molecule has 0 aromatic rings. The minimum absolute atomic E-state index is 0.139. The summed E-state index contributed by atoms with van der Waals surface area (Å²) < 4.78 is 0. The Labute approximate surface area is 85.1 Å². The van der Waals surface area contributed by atoms with Gasteiger partial charge in [0.1, 0.15) is 0 Å². The summed E-state index contributed by atoms with van der Waals surface area (Å²) >= 11 is 0. The van der Waals surface area contributed by atoms with E-state index >= 15 is 0 Å². The first-order valence-electron chi connectivity index (χ1n) is 5.15. The van der Waals surface area contributed by atoms with Crippen LogP contribution in [0.15, 0.2) is 0 Å². The van der Waals surface area contributed by atoms with Gasteiger partial charge >= 0.3 is 0 Å². The summed E-state index contributed by atoms with van der Waals surface area (Å²) in [6, 6.07) is 0. The molecule has 4 nitrogen and oxygen atoms in total. The van der Waals surface area contributed by atoms with Crippen LogP contribution >= 0.6 is 0 Å². The molecule has 1 saturated carbocycles. The maximum Gasteiger partial charge on any atom is 0.229 e. The molecule has 0 radical (unpaired) electrons. The van der Waals surface area contributed by atoms with Crippen molar-refractivity contribution in [2.75, 3.05) is 20.1 Å². The number of carbonyl (C=O) groups excluding carboxylic acids is 1. The Balaban J connectivity index is 2.37. The number of nitrogens with two attached hydrogens (primary N) is 1. The minimum atomic E-state index is -0.349. The van der Waals surface area contributed by atoms with Crippen LogP contribution in [0.3, 0.4) is 0 Å². The predicted octanol–water partition coefficient (Wildman–Crippen LogP) is -0.0454. The van der Waals surface area contributed by atoms with Crippen LogP contribution in [0.2, 0.25) is 0 Å². The lowest BCUT2D eigenvalue weighted by Crippen LogP contribution is -2.39. The fraction of sp³-hybridized carbons (Fsp3) is 0.900. The molecule has 1 unspecified atom stereocenters. The van der Waals surface area contributed by atoms with Crippen molar-refractivity contribution in [3.8, 4) is 0 Å². The molecule has 0 saturated heterocycles. The van der Waals surface area contributed by atoms with Crippen LogP contribution in [0.1, 0.15) is 26.2 Å². The van der Waals surface area contributed by atoms with Gasteiger partial charge in [0.25, 0.3) is 0 Å². The molecule has 0 aromatic heterocycles. The van der Waals surface area contributed by atoms with E-state index < -0.39 is 0 Å². The predicted molar refractivity (Wildman–Crippen MR) is 54.7 cm³/mol. The smallest absolute Gasteiger partial charge is 0.229 e. The van der Waals surface area contributed by atoms with E-state index in [9.17, 15) is 4.79 Å². The number of hydrogen-bond donors (Lipinski definition) is 2. The molecule has 1 aliphatic rings. The Morgan fingerprint density at radius 2 is 2.21 bits per heavy atom. The highest BCUT2D eigenvalue weighted by Gasteiger charge is 2.49. The van der Waals surface area contributed by atoms with E-state index in [0.717, 1.165) is 12.8 Å². The van der Waals surface area contributed by atoms with Gasteiger partial charge in [-0.05, 0) is 26.2 Å². The van der Waals surface area contributed by atoms with Crippen LogP contribution in [-0.2, 0) is 4.79 Å². The summed E-state index contributed by atoms with van der Waals surface area (Å²) in [6.45, 7) is 2.79. The fourth-order valence-electron chi connectivity index (χ4n) is 1.54. The van der Waals surface area contributed by atoms with Gasteiger partial charge in [-0.15, -0.1) is 0 Å². The van der Waals surface area contributed by atoms with Crippen molar-refractivity contribution >= 4 is 5.91 Å². The molecule has 3 N–H and O–H groups in total. The summed E-state index contributed by atoms with van der Waals surface area (Å²) in [5.74, 6) is 0.139. The van der Waals surface area contributed by atoms with Crippen LogP contribution in [-0.4, -0.2) is 42.2 Å². The third-order valence-corrected chi connectivity index (χ3v) is 2.93. The zero-order chi connectivity index (χ0) is 10.8. The number of rotatable bonds is 5. The zero-order valence-corrected chi connectivity index (χ0v) is 8.99. The fourth-order valence-corrected chi connectivity index (χ4v) is 1.54. The van der Waals surface area contributed by atoms with Gasteiger partial charge in [0.15, 0.2) is 0 Å². The number of aliphatic hydroxyl groups excluding tert-OH is 1. The first-order chi connectivity index (χ1) is 6.52. The second-order valence-corrected chi connectivity index (χ2v) is 4.35. The SMILES string of the molecule is CC(O)CCN(C)C(=O)C1(CN)CC1. The first kappa shape index (κ1) is 11.5. The largest absolute Gasteiger partial charge is 0.393 e. The second-order valence-electron chi connectivity index (χ2n) is 4.35. The lowest BCUT2D eigenvalue weighted by Gasteiger charge is -2.22. The average molecular weight is 200 g/mol. The van der Waals surface area contributed by atoms with Gasteiger partial charge in [0, 0.05) is 20.1 Å². The topological polar surface area (TPSA) is 66.6 Å². The molecule has 14 heavy (non-hydrogen) atoms. The van der Waals surface area contributed by atoms with Crippen molar-refractivity contribution < 1.29 is 9.90 Å². The number of aliphatic hydroxyl groups is 1. The molecular formula is C10H20N2O2. The second kappa shape index (κ2) is 4.28. The van der Waals surface area contributed by atoms with Gasteiger partial charge in [-0.2, -0.15) is 0 Å². The number of carbonyl (C=O) groups is 1. The van der Waals surface area contributed by atoms with Crippen molar-refractivity contribution in [2.24, 2.45) is 11.1 Å². The highest BCUT2D eigenvalue weighted by atomic mass is 16.3. The van der Waals surface area contributed by atoms with E-state index in [1.54, 1.807) is 18.9 Å². The van der Waals surface area contributed by atoms with Crippen molar-refractivity contribution in [3.05, 3.63) is 0 Å². The van der Waals surface area contributed by atoms with Gasteiger partial charge in [0.05, 0.1) is 11.5 Å². The van der Waals surface area contributed by atoms with Crippen LogP contribution in [0.5, 0.6) is 0 Å². The molecule has 1 aliphatic carbocycles. The Hall–Kier alpha value is -0.610. The molecule has 0 bridgehead atoms. The van der Waals surface area contributed by atoms with Crippen LogP contribution in [0.4, 0.5) is 0 Å². The highest BCUT2D eigenvalue weighted by Crippen LogP contribution is 2.45. The van der Waals surface area contributed by atoms with E-state index in [-0.39, 0.29) is 17.4 Å². The van der Waals surface area contributed by atoms with E-state index in [0.29, 0.717) is 19.5 Å². The van der Waals surface area contributed by atoms with E-state index in [1.807, 2.05) is 0 Å². The van der Waals surface area contributed by atoms with Gasteiger partial charge < -0.3 is 15.7 Å². The Morgan fingerprint density at radius 1 is 1.64 bits per heavy atom. The van der Waals surface area contributed by atoms with Gasteiger partial charge in [-0.1, -0.05) is 0 Å². The van der Waals surface area contributed by atoms with Gasteiger partial charge in [-0.3, -0.25) is 4.79 Å². The third kappa shape index (κ3) is 2.45. The monoisotopic (exact) mass is 200 g/mol. The van der Waals surface area contributed by atoms with Gasteiger partial charge in [-0.25, -0.2) is 0 Å². The number of nitrogens with zero attached hydrogens (tertiary/aromatic N) is 1. The molecule has 82 valence electrons.